The molecule has 2 saturated heterocycles. The number of amides is 1. The highest BCUT2D eigenvalue weighted by atomic mass is 16.5. The fourth-order valence-electron chi connectivity index (χ4n) is 3.91. The number of nitrogens with zero attached hydrogens (tertiary/aromatic N) is 1. The molecule has 4 unspecified atom stereocenters. The average Bonchev–Trinajstić information content (AvgIpc) is 3.15. The zero-order valence-electron chi connectivity index (χ0n) is 12.2. The molecule has 4 atom stereocenters. The molecule has 0 aromatic heterocycles. The fourth-order valence-corrected chi connectivity index (χ4v) is 3.91. The first-order valence-electron chi connectivity index (χ1n) is 7.56. The summed E-state index contributed by atoms with van der Waals surface area (Å²) >= 11 is 0. The average molecular weight is 299 g/mol. The summed E-state index contributed by atoms with van der Waals surface area (Å²) in [7, 11) is 0. The van der Waals surface area contributed by atoms with Crippen LogP contribution < -0.4 is 4.90 Å². The van der Waals surface area contributed by atoms with Crippen molar-refractivity contribution < 1.29 is 19.4 Å². The number of carboxylic acid groups (broad SMARTS) is 1. The molecule has 1 amide bonds. The van der Waals surface area contributed by atoms with Gasteiger partial charge >= 0.3 is 5.97 Å². The molecule has 114 valence electrons. The number of carbonyl (C=O) groups is 2. The van der Waals surface area contributed by atoms with Gasteiger partial charge in [0.25, 0.3) is 0 Å². The molecule has 0 radical (unpaired) electrons. The molecule has 1 spiro atoms. The summed E-state index contributed by atoms with van der Waals surface area (Å²) in [6.07, 6.45) is 4.12. The van der Waals surface area contributed by atoms with Gasteiger partial charge in [0.2, 0.25) is 5.91 Å². The maximum absolute atomic E-state index is 12.8. The van der Waals surface area contributed by atoms with E-state index in [9.17, 15) is 14.7 Å². The number of hydrogen-bond acceptors (Lipinski definition) is 3. The smallest absolute Gasteiger partial charge is 0.310 e. The third kappa shape index (κ3) is 1.63. The lowest BCUT2D eigenvalue weighted by Crippen LogP contribution is -2.39. The van der Waals surface area contributed by atoms with Crippen molar-refractivity contribution in [2.24, 2.45) is 11.8 Å². The first kappa shape index (κ1) is 13.5. The summed E-state index contributed by atoms with van der Waals surface area (Å²) < 4.78 is 5.87. The normalized spacial score (nSPS) is 35.2. The minimum atomic E-state index is -0.960. The number of carboxylic acids is 1. The Morgan fingerprint density at radius 3 is 2.77 bits per heavy atom. The van der Waals surface area contributed by atoms with E-state index in [1.165, 1.54) is 5.56 Å². The van der Waals surface area contributed by atoms with Crippen LogP contribution in [0.2, 0.25) is 0 Å². The number of rotatable bonds is 3. The van der Waals surface area contributed by atoms with Gasteiger partial charge in [-0.2, -0.15) is 0 Å². The van der Waals surface area contributed by atoms with Crippen molar-refractivity contribution in [3.63, 3.8) is 0 Å². The molecule has 4 rings (SSSR count). The van der Waals surface area contributed by atoms with E-state index in [0.717, 1.165) is 12.1 Å². The first-order valence-corrected chi connectivity index (χ1v) is 7.56. The van der Waals surface area contributed by atoms with Gasteiger partial charge < -0.3 is 14.7 Å². The minimum absolute atomic E-state index is 0.150. The number of anilines is 1. The van der Waals surface area contributed by atoms with Crippen LogP contribution in [0.3, 0.4) is 0 Å². The highest BCUT2D eigenvalue weighted by Gasteiger charge is 2.67. The quantitative estimate of drug-likeness (QED) is 0.861. The van der Waals surface area contributed by atoms with Crippen molar-refractivity contribution >= 4 is 17.6 Å². The maximum atomic E-state index is 12.8. The van der Waals surface area contributed by atoms with Gasteiger partial charge in [-0.1, -0.05) is 31.2 Å². The maximum Gasteiger partial charge on any atom is 0.310 e. The van der Waals surface area contributed by atoms with Gasteiger partial charge in [0.05, 0.1) is 18.6 Å². The number of ether oxygens (including phenoxy) is 1. The summed E-state index contributed by atoms with van der Waals surface area (Å²) in [6.45, 7) is 2.47. The lowest BCUT2D eigenvalue weighted by Gasteiger charge is -2.21. The van der Waals surface area contributed by atoms with E-state index in [2.05, 4.69) is 6.92 Å². The van der Waals surface area contributed by atoms with E-state index in [4.69, 9.17) is 4.74 Å². The van der Waals surface area contributed by atoms with Crippen molar-refractivity contribution in [1.82, 2.24) is 0 Å². The second kappa shape index (κ2) is 4.43. The molecular formula is C17H17NO4. The summed E-state index contributed by atoms with van der Waals surface area (Å²) in [6, 6.07) is 7.83. The molecule has 5 nitrogen and oxygen atoms in total. The first-order chi connectivity index (χ1) is 10.6. The fraction of sp³-hybridized carbons (Fsp3) is 0.412. The Balaban J connectivity index is 1.70. The van der Waals surface area contributed by atoms with Crippen LogP contribution in [0.15, 0.2) is 36.4 Å². The standard InChI is InChI=1S/C17H17NO4/c1-2-10-3-5-11(6-4-10)18-9-17-8-7-12(22-17)13(16(20)21)14(17)15(18)19/h3-8,12-14H,2,9H2,1H3,(H,20,21). The van der Waals surface area contributed by atoms with Crippen LogP contribution in [0.5, 0.6) is 0 Å². The summed E-state index contributed by atoms with van der Waals surface area (Å²) in [5.41, 5.74) is 1.23. The molecular weight excluding hydrogens is 282 g/mol. The Labute approximate surface area is 128 Å². The predicted molar refractivity (Wildman–Crippen MR) is 79.5 cm³/mol. The molecule has 3 aliphatic heterocycles. The number of carbonyl (C=O) groups excluding carboxylic acids is 1. The monoisotopic (exact) mass is 299 g/mol. The van der Waals surface area contributed by atoms with E-state index in [-0.39, 0.29) is 5.91 Å². The van der Waals surface area contributed by atoms with Crippen LogP contribution in [-0.4, -0.2) is 35.2 Å². The topological polar surface area (TPSA) is 66.8 Å². The summed E-state index contributed by atoms with van der Waals surface area (Å²) in [5.74, 6) is -2.51. The van der Waals surface area contributed by atoms with Crippen LogP contribution in [0, 0.1) is 11.8 Å². The third-order valence-corrected chi connectivity index (χ3v) is 5.04. The largest absolute Gasteiger partial charge is 0.481 e. The molecule has 0 aliphatic carbocycles. The minimum Gasteiger partial charge on any atom is -0.481 e. The number of aryl methyl sites for hydroxylation is 1. The number of fused-ring (bicyclic) bond motifs is 1. The zero-order chi connectivity index (χ0) is 15.5. The van der Waals surface area contributed by atoms with Gasteiger partial charge in [0.1, 0.15) is 11.5 Å². The Bertz CT molecular complexity index is 680. The Morgan fingerprint density at radius 1 is 1.41 bits per heavy atom. The van der Waals surface area contributed by atoms with Crippen molar-refractivity contribution in [2.45, 2.75) is 25.0 Å². The summed E-state index contributed by atoms with van der Waals surface area (Å²) in [5, 5.41) is 9.44. The lowest BCUT2D eigenvalue weighted by molar-refractivity contribution is -0.146. The molecule has 3 aliphatic rings. The molecule has 1 aromatic rings. The van der Waals surface area contributed by atoms with Crippen molar-refractivity contribution in [3.8, 4) is 0 Å². The van der Waals surface area contributed by atoms with Crippen LogP contribution >= 0.6 is 0 Å². The van der Waals surface area contributed by atoms with Crippen molar-refractivity contribution in [1.29, 1.82) is 0 Å². The van der Waals surface area contributed by atoms with Gasteiger partial charge in [-0.05, 0) is 24.1 Å². The number of aliphatic carboxylic acids is 1. The van der Waals surface area contributed by atoms with Crippen LogP contribution in [0.25, 0.3) is 0 Å². The lowest BCUT2D eigenvalue weighted by atomic mass is 9.77. The molecule has 3 heterocycles. The Kier molecular flexibility index (Phi) is 2.72. The van der Waals surface area contributed by atoms with Crippen molar-refractivity contribution in [3.05, 3.63) is 42.0 Å². The Morgan fingerprint density at radius 2 is 2.14 bits per heavy atom. The van der Waals surface area contributed by atoms with Crippen LogP contribution in [0.4, 0.5) is 5.69 Å². The molecule has 0 saturated carbocycles. The number of benzene rings is 1. The van der Waals surface area contributed by atoms with E-state index in [1.807, 2.05) is 30.3 Å². The molecule has 22 heavy (non-hydrogen) atoms. The van der Waals surface area contributed by atoms with E-state index < -0.39 is 29.5 Å². The third-order valence-electron chi connectivity index (χ3n) is 5.04. The van der Waals surface area contributed by atoms with E-state index in [0.29, 0.717) is 6.54 Å². The van der Waals surface area contributed by atoms with E-state index >= 15 is 0 Å². The van der Waals surface area contributed by atoms with Gasteiger partial charge in [0, 0.05) is 5.69 Å². The molecule has 1 N–H and O–H groups in total. The summed E-state index contributed by atoms with van der Waals surface area (Å²) in [4.78, 5) is 26.0. The zero-order valence-corrected chi connectivity index (χ0v) is 12.2. The van der Waals surface area contributed by atoms with Crippen molar-refractivity contribution in [2.75, 3.05) is 11.4 Å². The van der Waals surface area contributed by atoms with Crippen LogP contribution in [0.1, 0.15) is 12.5 Å². The molecule has 5 heteroatoms. The second-order valence-electron chi connectivity index (χ2n) is 6.18. The van der Waals surface area contributed by atoms with Gasteiger partial charge in [-0.25, -0.2) is 0 Å². The Hall–Kier alpha value is -2.14. The van der Waals surface area contributed by atoms with Crippen LogP contribution in [-0.2, 0) is 20.7 Å². The van der Waals surface area contributed by atoms with Gasteiger partial charge in [-0.3, -0.25) is 9.59 Å². The highest BCUT2D eigenvalue weighted by Crippen LogP contribution is 2.52. The highest BCUT2D eigenvalue weighted by molar-refractivity contribution is 6.02. The SMILES string of the molecule is CCc1ccc(N2CC34C=CC(O3)C(C(=O)O)C4C2=O)cc1. The van der Waals surface area contributed by atoms with E-state index in [1.54, 1.807) is 11.0 Å². The second-order valence-corrected chi connectivity index (χ2v) is 6.18. The van der Waals surface area contributed by atoms with Gasteiger partial charge in [0.15, 0.2) is 0 Å². The molecule has 1 aromatic carbocycles. The molecule has 2 fully saturated rings. The molecule has 2 bridgehead atoms. The van der Waals surface area contributed by atoms with Gasteiger partial charge in [-0.15, -0.1) is 0 Å². The number of hydrogen-bond donors (Lipinski definition) is 1. The predicted octanol–water partition coefficient (Wildman–Crippen LogP) is 1.62.